The fourth-order valence-electron chi connectivity index (χ4n) is 3.26. The highest BCUT2D eigenvalue weighted by Crippen LogP contribution is 2.20. The third kappa shape index (κ3) is 23.5. The molecular weight excluding hydrogens is 518 g/mol. The maximum absolute atomic E-state index is 5.58. The summed E-state index contributed by atoms with van der Waals surface area (Å²) in [5.41, 5.74) is 1.35. The molecule has 0 aromatic carbocycles. The maximum atomic E-state index is 5.58. The Morgan fingerprint density at radius 2 is 0.875 bits per heavy atom. The Morgan fingerprint density at radius 3 is 1.20 bits per heavy atom. The van der Waals surface area contributed by atoms with Gasteiger partial charge in [0.15, 0.2) is 0 Å². The van der Waals surface area contributed by atoms with E-state index in [1.54, 1.807) is 0 Å². The summed E-state index contributed by atoms with van der Waals surface area (Å²) in [7, 11) is 0. The molecule has 11 heteroatoms. The lowest BCUT2D eigenvalue weighted by molar-refractivity contribution is -0.0234. The first-order valence-electron chi connectivity index (χ1n) is 14.7. The average Bonchev–Trinajstić information content (AvgIpc) is 3.37. The standard InChI is InChI=1S/C29H57N3O8/c1-28(2,3)8-7-10-33-12-14-35-16-18-37-20-22-39-24-25-40-23-21-38-19-17-36-15-13-34-11-9-32-26-27(30-31-32)29(4,5)6/h26H,7-25H2,1-6H3. The van der Waals surface area contributed by atoms with Crippen molar-refractivity contribution in [3.8, 4) is 0 Å². The van der Waals surface area contributed by atoms with Crippen LogP contribution >= 0.6 is 0 Å². The molecule has 0 fully saturated rings. The second-order valence-electron chi connectivity index (χ2n) is 11.7. The topological polar surface area (TPSA) is 105 Å². The third-order valence-corrected chi connectivity index (χ3v) is 5.59. The van der Waals surface area contributed by atoms with Crippen LogP contribution in [0.25, 0.3) is 0 Å². The van der Waals surface area contributed by atoms with E-state index in [0.29, 0.717) is 111 Å². The molecule has 0 spiro atoms. The van der Waals surface area contributed by atoms with Crippen LogP contribution in [-0.4, -0.2) is 121 Å². The predicted octanol–water partition coefficient (Wildman–Crippen LogP) is 3.53. The van der Waals surface area contributed by atoms with Gasteiger partial charge in [0.25, 0.3) is 0 Å². The van der Waals surface area contributed by atoms with E-state index in [9.17, 15) is 0 Å². The molecule has 0 N–H and O–H groups in total. The number of nitrogens with zero attached hydrogens (tertiary/aromatic N) is 3. The number of rotatable bonds is 27. The molecule has 0 aliphatic rings. The molecular formula is C29H57N3O8. The highest BCUT2D eigenvalue weighted by Gasteiger charge is 2.17. The van der Waals surface area contributed by atoms with E-state index in [-0.39, 0.29) is 5.41 Å². The number of hydrogen-bond donors (Lipinski definition) is 0. The van der Waals surface area contributed by atoms with Gasteiger partial charge in [0, 0.05) is 18.2 Å². The fourth-order valence-corrected chi connectivity index (χ4v) is 3.26. The zero-order valence-electron chi connectivity index (χ0n) is 26.1. The van der Waals surface area contributed by atoms with Crippen molar-refractivity contribution in [2.45, 2.75) is 66.3 Å². The van der Waals surface area contributed by atoms with Crippen LogP contribution < -0.4 is 0 Å². The van der Waals surface area contributed by atoms with Gasteiger partial charge in [-0.25, -0.2) is 4.68 Å². The SMILES string of the molecule is CC(C)(C)CCCOCCOCCOCCOCCOCCOCCOCCOCCn1cc(C(C)(C)C)nn1. The van der Waals surface area contributed by atoms with E-state index in [2.05, 4.69) is 51.9 Å². The molecule has 1 rings (SSSR count). The summed E-state index contributed by atoms with van der Waals surface area (Å²) in [6, 6.07) is 0. The van der Waals surface area contributed by atoms with Gasteiger partial charge in [0.2, 0.25) is 0 Å². The molecule has 1 aromatic heterocycles. The summed E-state index contributed by atoms with van der Waals surface area (Å²) in [6.07, 6.45) is 4.23. The van der Waals surface area contributed by atoms with Crippen molar-refractivity contribution >= 4 is 0 Å². The lowest BCUT2D eigenvalue weighted by atomic mass is 9.91. The van der Waals surface area contributed by atoms with Gasteiger partial charge in [-0.2, -0.15) is 0 Å². The predicted molar refractivity (Wildman–Crippen MR) is 154 cm³/mol. The first-order valence-corrected chi connectivity index (χ1v) is 14.7. The van der Waals surface area contributed by atoms with Crippen molar-refractivity contribution in [2.75, 3.05) is 106 Å². The molecule has 1 aromatic rings. The fraction of sp³-hybridized carbons (Fsp3) is 0.931. The molecule has 11 nitrogen and oxygen atoms in total. The Kier molecular flexibility index (Phi) is 21.5. The molecule has 1 heterocycles. The number of ether oxygens (including phenoxy) is 8. The second kappa shape index (κ2) is 23.4. The van der Waals surface area contributed by atoms with Gasteiger partial charge >= 0.3 is 0 Å². The quantitative estimate of drug-likeness (QED) is 0.145. The van der Waals surface area contributed by atoms with Crippen molar-refractivity contribution in [2.24, 2.45) is 5.41 Å². The minimum atomic E-state index is 0.00396. The van der Waals surface area contributed by atoms with Crippen LogP contribution in [0.2, 0.25) is 0 Å². The molecule has 0 unspecified atom stereocenters. The highest BCUT2D eigenvalue weighted by atomic mass is 16.6. The van der Waals surface area contributed by atoms with Crippen LogP contribution in [0.5, 0.6) is 0 Å². The molecule has 40 heavy (non-hydrogen) atoms. The van der Waals surface area contributed by atoms with Crippen molar-refractivity contribution < 1.29 is 37.9 Å². The lowest BCUT2D eigenvalue weighted by Crippen LogP contribution is -2.15. The summed E-state index contributed by atoms with van der Waals surface area (Å²) in [4.78, 5) is 0. The third-order valence-electron chi connectivity index (χ3n) is 5.59. The van der Waals surface area contributed by atoms with Crippen LogP contribution in [0.4, 0.5) is 0 Å². The van der Waals surface area contributed by atoms with Crippen molar-refractivity contribution in [1.29, 1.82) is 0 Å². The van der Waals surface area contributed by atoms with Crippen molar-refractivity contribution in [3.63, 3.8) is 0 Å². The summed E-state index contributed by atoms with van der Waals surface area (Å²) < 4.78 is 45.9. The minimum absolute atomic E-state index is 0.00396. The minimum Gasteiger partial charge on any atom is -0.379 e. The summed E-state index contributed by atoms with van der Waals surface area (Å²) in [5.74, 6) is 0. The molecule has 0 radical (unpaired) electrons. The van der Waals surface area contributed by atoms with E-state index < -0.39 is 0 Å². The van der Waals surface area contributed by atoms with Gasteiger partial charge in [-0.15, -0.1) is 5.10 Å². The first-order chi connectivity index (χ1) is 19.2. The Bertz CT molecular complexity index is 692. The molecule has 0 aliphatic heterocycles. The highest BCUT2D eigenvalue weighted by molar-refractivity contribution is 5.06. The normalized spacial score (nSPS) is 12.4. The summed E-state index contributed by atoms with van der Waals surface area (Å²) in [5, 5.41) is 8.33. The smallest absolute Gasteiger partial charge is 0.0880 e. The van der Waals surface area contributed by atoms with Gasteiger partial charge in [-0.05, 0) is 18.3 Å². The van der Waals surface area contributed by atoms with Crippen molar-refractivity contribution in [1.82, 2.24) is 15.0 Å². The van der Waals surface area contributed by atoms with Gasteiger partial charge in [-0.3, -0.25) is 0 Å². The van der Waals surface area contributed by atoms with Gasteiger partial charge in [0.1, 0.15) is 0 Å². The van der Waals surface area contributed by atoms with E-state index in [1.807, 2.05) is 10.9 Å². The first kappa shape index (κ1) is 36.8. The summed E-state index contributed by atoms with van der Waals surface area (Å²) >= 11 is 0. The molecule has 0 saturated carbocycles. The molecule has 0 amide bonds. The Labute approximate surface area is 242 Å². The largest absolute Gasteiger partial charge is 0.379 e. The second-order valence-corrected chi connectivity index (χ2v) is 11.7. The Balaban J connectivity index is 1.69. The zero-order chi connectivity index (χ0) is 29.4. The Morgan fingerprint density at radius 1 is 0.525 bits per heavy atom. The van der Waals surface area contributed by atoms with Crippen LogP contribution in [0, 0.1) is 5.41 Å². The molecule has 0 bridgehead atoms. The lowest BCUT2D eigenvalue weighted by Gasteiger charge is -2.17. The Hall–Kier alpha value is -1.18. The zero-order valence-corrected chi connectivity index (χ0v) is 26.1. The summed E-state index contributed by atoms with van der Waals surface area (Å²) in [6.45, 7) is 22.8. The van der Waals surface area contributed by atoms with Gasteiger partial charge in [-0.1, -0.05) is 46.8 Å². The molecule has 0 aliphatic carbocycles. The van der Waals surface area contributed by atoms with E-state index in [4.69, 9.17) is 37.9 Å². The molecule has 236 valence electrons. The number of hydrogen-bond acceptors (Lipinski definition) is 10. The van der Waals surface area contributed by atoms with E-state index >= 15 is 0 Å². The van der Waals surface area contributed by atoms with Gasteiger partial charge in [0.05, 0.1) is 111 Å². The molecule has 0 atom stereocenters. The van der Waals surface area contributed by atoms with E-state index in [0.717, 1.165) is 18.7 Å². The molecule has 0 saturated heterocycles. The maximum Gasteiger partial charge on any atom is 0.0880 e. The van der Waals surface area contributed by atoms with Gasteiger partial charge < -0.3 is 37.9 Å². The van der Waals surface area contributed by atoms with Crippen molar-refractivity contribution in [3.05, 3.63) is 11.9 Å². The van der Waals surface area contributed by atoms with Crippen LogP contribution in [-0.2, 0) is 49.9 Å². The van der Waals surface area contributed by atoms with E-state index in [1.165, 1.54) is 6.42 Å². The van der Waals surface area contributed by atoms with Crippen LogP contribution in [0.1, 0.15) is 60.1 Å². The van der Waals surface area contributed by atoms with Crippen LogP contribution in [0.3, 0.4) is 0 Å². The number of aromatic nitrogens is 3. The average molecular weight is 576 g/mol. The monoisotopic (exact) mass is 575 g/mol. The van der Waals surface area contributed by atoms with Crippen LogP contribution in [0.15, 0.2) is 6.20 Å².